The van der Waals surface area contributed by atoms with E-state index in [-0.39, 0.29) is 27.3 Å². The molecule has 1 unspecified atom stereocenters. The van der Waals surface area contributed by atoms with E-state index < -0.39 is 10.0 Å². The van der Waals surface area contributed by atoms with Crippen LogP contribution in [0.15, 0.2) is 53.4 Å². The monoisotopic (exact) mass is 434 g/mol. The van der Waals surface area contributed by atoms with E-state index in [9.17, 15) is 13.2 Å². The molecule has 0 aliphatic carbocycles. The molecule has 0 radical (unpaired) electrons. The van der Waals surface area contributed by atoms with Crippen molar-refractivity contribution in [3.63, 3.8) is 0 Å². The molecule has 2 aromatic carbocycles. The molecule has 1 aliphatic heterocycles. The molecule has 0 spiro atoms. The highest BCUT2D eigenvalue weighted by Crippen LogP contribution is 2.25. The highest BCUT2D eigenvalue weighted by Gasteiger charge is 2.26. The zero-order valence-electron chi connectivity index (χ0n) is 16.6. The maximum absolute atomic E-state index is 13.0. The predicted molar refractivity (Wildman–Crippen MR) is 116 cm³/mol. The molecule has 1 aliphatic rings. The van der Waals surface area contributed by atoms with Gasteiger partial charge in [0.2, 0.25) is 10.0 Å². The van der Waals surface area contributed by atoms with E-state index >= 15 is 0 Å². The van der Waals surface area contributed by atoms with Gasteiger partial charge >= 0.3 is 0 Å². The number of hydrogen-bond donors (Lipinski definition) is 1. The van der Waals surface area contributed by atoms with Gasteiger partial charge in [0.1, 0.15) is 0 Å². The molecule has 0 saturated carbocycles. The summed E-state index contributed by atoms with van der Waals surface area (Å²) >= 11 is 6.22. The largest absolute Gasteiger partial charge is 0.351 e. The summed E-state index contributed by atoms with van der Waals surface area (Å²) in [6.45, 7) is 3.49. The third-order valence-electron chi connectivity index (χ3n) is 5.32. The summed E-state index contributed by atoms with van der Waals surface area (Å²) in [6, 6.07) is 14.3. The van der Waals surface area contributed by atoms with E-state index in [2.05, 4.69) is 5.32 Å². The number of carbonyl (C=O) groups is 1. The molecule has 7 heteroatoms. The predicted octanol–water partition coefficient (Wildman–Crippen LogP) is 4.44. The Morgan fingerprint density at radius 3 is 2.38 bits per heavy atom. The van der Waals surface area contributed by atoms with Gasteiger partial charge in [-0.25, -0.2) is 8.42 Å². The van der Waals surface area contributed by atoms with E-state index in [1.165, 1.54) is 22.5 Å². The SMILES string of the molecule is CC(CNC(=O)c1cc(S(=O)(=O)N2CCCCCC2)ccc1Cl)c1ccccc1. The van der Waals surface area contributed by atoms with Gasteiger partial charge in [-0.1, -0.05) is 61.7 Å². The van der Waals surface area contributed by atoms with Crippen molar-refractivity contribution in [2.45, 2.75) is 43.4 Å². The Morgan fingerprint density at radius 1 is 1.07 bits per heavy atom. The second kappa shape index (κ2) is 9.74. The molecule has 3 rings (SSSR count). The van der Waals surface area contributed by atoms with Gasteiger partial charge in [0.05, 0.1) is 15.5 Å². The van der Waals surface area contributed by atoms with Crippen molar-refractivity contribution in [2.24, 2.45) is 0 Å². The summed E-state index contributed by atoms with van der Waals surface area (Å²) < 4.78 is 27.6. The Labute approximate surface area is 178 Å². The number of benzene rings is 2. The molecular formula is C22H27ClN2O3S. The summed E-state index contributed by atoms with van der Waals surface area (Å²) in [6.07, 6.45) is 3.80. The lowest BCUT2D eigenvalue weighted by Crippen LogP contribution is -2.32. The van der Waals surface area contributed by atoms with Crippen LogP contribution >= 0.6 is 11.6 Å². The van der Waals surface area contributed by atoms with Crippen LogP contribution in [0.2, 0.25) is 5.02 Å². The second-order valence-corrected chi connectivity index (χ2v) is 9.83. The number of rotatable bonds is 6. The van der Waals surface area contributed by atoms with E-state index in [4.69, 9.17) is 11.6 Å². The molecule has 1 amide bonds. The van der Waals surface area contributed by atoms with Gasteiger partial charge in [-0.2, -0.15) is 4.31 Å². The van der Waals surface area contributed by atoms with Crippen molar-refractivity contribution in [1.29, 1.82) is 0 Å². The molecule has 5 nitrogen and oxygen atoms in total. The second-order valence-electron chi connectivity index (χ2n) is 7.48. The Balaban J connectivity index is 1.75. The Morgan fingerprint density at radius 2 is 1.72 bits per heavy atom. The van der Waals surface area contributed by atoms with Crippen LogP contribution in [0.4, 0.5) is 0 Å². The van der Waals surface area contributed by atoms with Crippen LogP contribution in [0.1, 0.15) is 54.4 Å². The van der Waals surface area contributed by atoms with Crippen LogP contribution in [-0.2, 0) is 10.0 Å². The normalized spacial score (nSPS) is 16.8. The molecule has 1 heterocycles. The quantitative estimate of drug-likeness (QED) is 0.730. The average Bonchev–Trinajstić information content (AvgIpc) is 3.03. The first-order valence-electron chi connectivity index (χ1n) is 10.0. The number of halogens is 1. The molecule has 0 aromatic heterocycles. The minimum atomic E-state index is -3.64. The van der Waals surface area contributed by atoms with Crippen molar-refractivity contribution in [3.05, 3.63) is 64.7 Å². The fourth-order valence-corrected chi connectivity index (χ4v) is 5.26. The Kier molecular flexibility index (Phi) is 7.33. The Bertz CT molecular complexity index is 940. The molecule has 156 valence electrons. The summed E-state index contributed by atoms with van der Waals surface area (Å²) in [5.74, 6) is -0.242. The summed E-state index contributed by atoms with van der Waals surface area (Å²) in [7, 11) is -3.64. The Hall–Kier alpha value is -1.89. The van der Waals surface area contributed by atoms with Crippen molar-refractivity contribution in [2.75, 3.05) is 19.6 Å². The molecule has 1 atom stereocenters. The van der Waals surface area contributed by atoms with Gasteiger partial charge in [0.25, 0.3) is 5.91 Å². The number of hydrogen-bond acceptors (Lipinski definition) is 3. The maximum Gasteiger partial charge on any atom is 0.252 e. The van der Waals surface area contributed by atoms with Gasteiger partial charge in [-0.15, -0.1) is 0 Å². The van der Waals surface area contributed by atoms with Crippen molar-refractivity contribution in [1.82, 2.24) is 9.62 Å². The summed E-state index contributed by atoms with van der Waals surface area (Å²) in [5.41, 5.74) is 1.30. The van der Waals surface area contributed by atoms with Crippen molar-refractivity contribution >= 4 is 27.5 Å². The van der Waals surface area contributed by atoms with Gasteiger partial charge in [-0.05, 0) is 42.5 Å². The number of nitrogens with zero attached hydrogens (tertiary/aromatic N) is 1. The van der Waals surface area contributed by atoms with Gasteiger partial charge in [-0.3, -0.25) is 4.79 Å². The van der Waals surface area contributed by atoms with Crippen LogP contribution in [0.5, 0.6) is 0 Å². The zero-order valence-corrected chi connectivity index (χ0v) is 18.2. The topological polar surface area (TPSA) is 66.5 Å². The standard InChI is InChI=1S/C22H27ClN2O3S/c1-17(18-9-5-4-6-10-18)16-24-22(26)20-15-19(11-12-21(20)23)29(27,28)25-13-7-2-3-8-14-25/h4-6,9-12,15,17H,2-3,7-8,13-14,16H2,1H3,(H,24,26). The third kappa shape index (κ3) is 5.38. The summed E-state index contributed by atoms with van der Waals surface area (Å²) in [4.78, 5) is 12.8. The first-order valence-corrected chi connectivity index (χ1v) is 11.8. The molecule has 1 saturated heterocycles. The number of sulfonamides is 1. The first-order chi connectivity index (χ1) is 13.9. The van der Waals surface area contributed by atoms with Crippen LogP contribution in [0.3, 0.4) is 0 Å². The maximum atomic E-state index is 13.0. The van der Waals surface area contributed by atoms with Gasteiger partial charge < -0.3 is 5.32 Å². The highest BCUT2D eigenvalue weighted by molar-refractivity contribution is 7.89. The van der Waals surface area contributed by atoms with Crippen LogP contribution in [-0.4, -0.2) is 38.3 Å². The lowest BCUT2D eigenvalue weighted by Gasteiger charge is -2.20. The fourth-order valence-electron chi connectivity index (χ4n) is 3.51. The molecular weight excluding hydrogens is 408 g/mol. The van der Waals surface area contributed by atoms with Gasteiger partial charge in [0, 0.05) is 19.6 Å². The van der Waals surface area contributed by atoms with Crippen LogP contribution in [0.25, 0.3) is 0 Å². The molecule has 2 aromatic rings. The van der Waals surface area contributed by atoms with Crippen LogP contribution < -0.4 is 5.32 Å². The molecule has 1 N–H and O–H groups in total. The van der Waals surface area contributed by atoms with E-state index in [1.54, 1.807) is 0 Å². The minimum Gasteiger partial charge on any atom is -0.351 e. The number of nitrogens with one attached hydrogen (secondary N) is 1. The van der Waals surface area contributed by atoms with Crippen molar-refractivity contribution < 1.29 is 13.2 Å². The van der Waals surface area contributed by atoms with Crippen molar-refractivity contribution in [3.8, 4) is 0 Å². The molecule has 0 bridgehead atoms. The highest BCUT2D eigenvalue weighted by atomic mass is 35.5. The minimum absolute atomic E-state index is 0.116. The third-order valence-corrected chi connectivity index (χ3v) is 7.55. The van der Waals surface area contributed by atoms with E-state index in [0.29, 0.717) is 19.6 Å². The molecule has 1 fully saturated rings. The number of carbonyl (C=O) groups excluding carboxylic acids is 1. The fraction of sp³-hybridized carbons (Fsp3) is 0.409. The molecule has 29 heavy (non-hydrogen) atoms. The van der Waals surface area contributed by atoms with Crippen LogP contribution in [0, 0.1) is 0 Å². The number of amides is 1. The lowest BCUT2D eigenvalue weighted by molar-refractivity contribution is 0.0951. The van der Waals surface area contributed by atoms with E-state index in [0.717, 1.165) is 31.2 Å². The smallest absolute Gasteiger partial charge is 0.252 e. The van der Waals surface area contributed by atoms with Gasteiger partial charge in [0.15, 0.2) is 0 Å². The lowest BCUT2D eigenvalue weighted by atomic mass is 10.0. The first kappa shape index (κ1) is 21.8. The zero-order chi connectivity index (χ0) is 20.9. The summed E-state index contributed by atoms with van der Waals surface area (Å²) in [5, 5.41) is 3.11. The van der Waals surface area contributed by atoms with E-state index in [1.807, 2.05) is 37.3 Å². The average molecular weight is 435 g/mol.